The maximum atomic E-state index is 5.40. The number of aliphatic imine (C=N–C) groups is 2. The van der Waals surface area contributed by atoms with Crippen molar-refractivity contribution in [3.05, 3.63) is 58.7 Å². The second kappa shape index (κ2) is 42.5. The van der Waals surface area contributed by atoms with Gasteiger partial charge >= 0.3 is 0 Å². The van der Waals surface area contributed by atoms with E-state index in [1.165, 1.54) is 189 Å². The summed E-state index contributed by atoms with van der Waals surface area (Å²) in [5.41, 5.74) is 9.61. The van der Waals surface area contributed by atoms with E-state index < -0.39 is 0 Å². The minimum absolute atomic E-state index is 0. The average Bonchev–Trinajstić information content (AvgIpc) is 3.26. The fourth-order valence-corrected chi connectivity index (χ4v) is 9.04. The molecule has 0 amide bonds. The monoisotopic (exact) mass is 907 g/mol. The molecule has 0 saturated heterocycles. The van der Waals surface area contributed by atoms with Gasteiger partial charge in [0.15, 0.2) is 0 Å². The first-order chi connectivity index (χ1) is 30.6. The number of hydrogen-bond donors (Lipinski definition) is 0. The number of benzene rings is 2. The van der Waals surface area contributed by atoms with Gasteiger partial charge in [-0.05, 0) is 97.4 Å². The Kier molecular flexibility index (Phi) is 39.7. The molecular weight excluding hydrogens is 807 g/mol. The minimum atomic E-state index is 0. The first kappa shape index (κ1) is 58.8. The molecule has 360 valence electrons. The van der Waals surface area contributed by atoms with Crippen LogP contribution in [0.25, 0.3) is 0 Å². The standard InChI is InChI=1S/C60H100N2.Ni/c1-7-13-15-16-17-18-19-20-21-22-23-24-25-26-27-28-29-30-31-32-33-34-35-36-37-38-39-40-46-60(62-58-51-55(43-11-5)48-56(52-58)44-12-6)59(45-14-8-2)61-57-49-53(41-9-3)47-54(50-57)42-10-4;/h47-52H,7-39,41-45H2,1-6H3;. The van der Waals surface area contributed by atoms with Crippen LogP contribution in [0.5, 0.6) is 0 Å². The van der Waals surface area contributed by atoms with Crippen molar-refractivity contribution in [2.24, 2.45) is 9.98 Å². The van der Waals surface area contributed by atoms with E-state index >= 15 is 0 Å². The molecule has 0 heterocycles. The van der Waals surface area contributed by atoms with Gasteiger partial charge in [-0.1, -0.05) is 252 Å². The van der Waals surface area contributed by atoms with E-state index in [4.69, 9.17) is 9.98 Å². The third-order valence-corrected chi connectivity index (χ3v) is 12.6. The number of aryl methyl sites for hydroxylation is 4. The molecular formula is C60H100N2Ni. The number of rotatable bonds is 40. The van der Waals surface area contributed by atoms with Crippen LogP contribution >= 0.6 is 0 Å². The zero-order valence-corrected chi connectivity index (χ0v) is 43.5. The summed E-state index contributed by atoms with van der Waals surface area (Å²) in [5.74, 6) is 7.22. The van der Waals surface area contributed by atoms with Gasteiger partial charge in [-0.3, -0.25) is 4.99 Å². The van der Waals surface area contributed by atoms with Gasteiger partial charge in [0.2, 0.25) is 0 Å². The number of unbranched alkanes of at least 4 members (excludes halogenated alkanes) is 27. The van der Waals surface area contributed by atoms with Crippen LogP contribution in [-0.4, -0.2) is 11.4 Å². The zero-order valence-electron chi connectivity index (χ0n) is 42.5. The largest absolute Gasteiger partial charge is 0.250 e. The Balaban J connectivity index is 0.0000198. The Labute approximate surface area is 403 Å². The van der Waals surface area contributed by atoms with E-state index in [1.807, 2.05) is 0 Å². The van der Waals surface area contributed by atoms with Crippen molar-refractivity contribution in [2.45, 2.75) is 286 Å². The molecule has 0 unspecified atom stereocenters. The molecule has 2 nitrogen and oxygen atoms in total. The predicted octanol–water partition coefficient (Wildman–Crippen LogP) is 20.1. The Hall–Kier alpha value is -2.17. The van der Waals surface area contributed by atoms with E-state index in [0.717, 1.165) is 99.8 Å². The SMILES string of the molecule is CCCCCCCCCCCCCCCCCCCCCCCCCCCCC#CC(=Nc1cc(CCC)cc(CCC)c1)C(CCCC)=Nc1cc(CCC)cc(CCC)c1.[Ni]. The number of hydrogen-bond acceptors (Lipinski definition) is 2. The van der Waals surface area contributed by atoms with Gasteiger partial charge in [-0.25, -0.2) is 4.99 Å². The van der Waals surface area contributed by atoms with Crippen LogP contribution in [0.4, 0.5) is 11.4 Å². The van der Waals surface area contributed by atoms with Gasteiger partial charge in [0.1, 0.15) is 5.71 Å². The molecule has 0 aliphatic heterocycles. The second-order valence-corrected chi connectivity index (χ2v) is 19.0. The zero-order chi connectivity index (χ0) is 44.6. The molecule has 2 aromatic rings. The summed E-state index contributed by atoms with van der Waals surface area (Å²) < 4.78 is 0. The molecule has 0 spiro atoms. The smallest absolute Gasteiger partial charge is 0.135 e. The van der Waals surface area contributed by atoms with E-state index in [2.05, 4.69) is 89.8 Å². The van der Waals surface area contributed by atoms with Crippen LogP contribution in [0.3, 0.4) is 0 Å². The average molecular weight is 908 g/mol. The van der Waals surface area contributed by atoms with E-state index in [0.29, 0.717) is 0 Å². The fraction of sp³-hybridized carbons (Fsp3) is 0.733. The van der Waals surface area contributed by atoms with Crippen LogP contribution in [0.2, 0.25) is 0 Å². The van der Waals surface area contributed by atoms with Gasteiger partial charge in [0.05, 0.1) is 17.1 Å². The van der Waals surface area contributed by atoms with Crippen LogP contribution in [0.1, 0.15) is 282 Å². The second-order valence-electron chi connectivity index (χ2n) is 19.0. The van der Waals surface area contributed by atoms with Gasteiger partial charge in [-0.2, -0.15) is 0 Å². The fourth-order valence-electron chi connectivity index (χ4n) is 9.04. The molecule has 0 saturated carbocycles. The maximum absolute atomic E-state index is 5.40. The minimum Gasteiger partial charge on any atom is -0.250 e. The third kappa shape index (κ3) is 31.4. The molecule has 63 heavy (non-hydrogen) atoms. The van der Waals surface area contributed by atoms with Crippen molar-refractivity contribution in [2.75, 3.05) is 0 Å². The normalized spacial score (nSPS) is 11.8. The summed E-state index contributed by atoms with van der Waals surface area (Å²) in [7, 11) is 0. The summed E-state index contributed by atoms with van der Waals surface area (Å²) in [4.78, 5) is 10.8. The predicted molar refractivity (Wildman–Crippen MR) is 281 cm³/mol. The van der Waals surface area contributed by atoms with Crippen molar-refractivity contribution >= 4 is 22.8 Å². The first-order valence-electron chi connectivity index (χ1n) is 27.5. The molecule has 3 heteroatoms. The Morgan fingerprint density at radius 1 is 0.349 bits per heavy atom. The van der Waals surface area contributed by atoms with E-state index in [1.54, 1.807) is 0 Å². The van der Waals surface area contributed by atoms with Crippen molar-refractivity contribution in [3.63, 3.8) is 0 Å². The molecule has 0 atom stereocenters. The van der Waals surface area contributed by atoms with Crippen molar-refractivity contribution in [3.8, 4) is 11.8 Å². The van der Waals surface area contributed by atoms with Crippen LogP contribution in [0, 0.1) is 11.8 Å². The molecule has 0 aromatic heterocycles. The molecule has 2 rings (SSSR count). The van der Waals surface area contributed by atoms with E-state index in [-0.39, 0.29) is 16.5 Å². The van der Waals surface area contributed by atoms with Gasteiger partial charge < -0.3 is 0 Å². The van der Waals surface area contributed by atoms with Crippen LogP contribution in [-0.2, 0) is 42.2 Å². The molecule has 0 radical (unpaired) electrons. The van der Waals surface area contributed by atoms with Gasteiger partial charge in [-0.15, -0.1) is 0 Å². The summed E-state index contributed by atoms with van der Waals surface area (Å²) in [6, 6.07) is 14.0. The summed E-state index contributed by atoms with van der Waals surface area (Å²) in [6.07, 6.45) is 50.1. The summed E-state index contributed by atoms with van der Waals surface area (Å²) >= 11 is 0. The molecule has 2 aromatic carbocycles. The van der Waals surface area contributed by atoms with E-state index in [9.17, 15) is 0 Å². The quantitative estimate of drug-likeness (QED) is 0.0275. The van der Waals surface area contributed by atoms with Crippen LogP contribution in [0.15, 0.2) is 46.4 Å². The van der Waals surface area contributed by atoms with Crippen molar-refractivity contribution in [1.29, 1.82) is 0 Å². The summed E-state index contributed by atoms with van der Waals surface area (Å²) in [6.45, 7) is 13.7. The van der Waals surface area contributed by atoms with Crippen LogP contribution < -0.4 is 0 Å². The number of nitrogens with zero attached hydrogens (tertiary/aromatic N) is 2. The summed E-state index contributed by atoms with van der Waals surface area (Å²) in [5, 5.41) is 0. The topological polar surface area (TPSA) is 24.7 Å². The Morgan fingerprint density at radius 3 is 0.968 bits per heavy atom. The third-order valence-electron chi connectivity index (χ3n) is 12.6. The Bertz CT molecular complexity index is 1440. The molecule has 0 fully saturated rings. The van der Waals surface area contributed by atoms with Gasteiger partial charge in [0, 0.05) is 22.9 Å². The first-order valence-corrected chi connectivity index (χ1v) is 27.5. The maximum Gasteiger partial charge on any atom is 0.135 e. The molecule has 0 bridgehead atoms. The Morgan fingerprint density at radius 2 is 0.651 bits per heavy atom. The molecule has 0 aliphatic carbocycles. The molecule has 0 N–H and O–H groups in total. The molecule has 0 aliphatic rings. The van der Waals surface area contributed by atoms with Crippen molar-refractivity contribution in [1.82, 2.24) is 0 Å². The van der Waals surface area contributed by atoms with Gasteiger partial charge in [0.25, 0.3) is 0 Å². The van der Waals surface area contributed by atoms with Crippen molar-refractivity contribution < 1.29 is 16.5 Å².